The first-order chi connectivity index (χ1) is 12.5. The number of rotatable bonds is 1. The van der Waals surface area contributed by atoms with Gasteiger partial charge in [-0.05, 0) is 68.1 Å². The van der Waals surface area contributed by atoms with Crippen molar-refractivity contribution in [2.24, 2.45) is 40.4 Å². The van der Waals surface area contributed by atoms with Crippen molar-refractivity contribution in [3.05, 3.63) is 12.2 Å². The molecule has 5 heteroatoms. The van der Waals surface area contributed by atoms with Crippen molar-refractivity contribution in [3.8, 4) is 12.1 Å². The Hall–Kier alpha value is -2.14. The Morgan fingerprint density at radius 2 is 1.88 bits per heavy atom. The average molecular weight is 352 g/mol. The van der Waals surface area contributed by atoms with Crippen molar-refractivity contribution in [2.75, 3.05) is 7.11 Å². The van der Waals surface area contributed by atoms with Crippen LogP contribution in [0.5, 0.6) is 0 Å². The highest BCUT2D eigenvalue weighted by Gasteiger charge is 2.63. The summed E-state index contributed by atoms with van der Waals surface area (Å²) >= 11 is 0. The second-order valence-corrected chi connectivity index (χ2v) is 8.57. The zero-order valence-corrected chi connectivity index (χ0v) is 15.1. The third-order valence-electron chi connectivity index (χ3n) is 7.79. The number of allylic oxidation sites excluding steroid dienone is 2. The molecule has 136 valence electrons. The van der Waals surface area contributed by atoms with Crippen molar-refractivity contribution in [1.29, 1.82) is 10.5 Å². The number of methoxy groups -OCH3 is 1. The third kappa shape index (κ3) is 2.13. The molecule has 3 fully saturated rings. The van der Waals surface area contributed by atoms with Gasteiger partial charge >= 0.3 is 5.97 Å². The molecule has 0 radical (unpaired) electrons. The van der Waals surface area contributed by atoms with E-state index in [4.69, 9.17) is 4.74 Å². The maximum Gasteiger partial charge on any atom is 0.319 e. The molecule has 0 bridgehead atoms. The van der Waals surface area contributed by atoms with Gasteiger partial charge in [-0.2, -0.15) is 10.5 Å². The van der Waals surface area contributed by atoms with Crippen molar-refractivity contribution in [1.82, 2.24) is 0 Å². The van der Waals surface area contributed by atoms with Crippen molar-refractivity contribution in [3.63, 3.8) is 0 Å². The maximum atomic E-state index is 12.7. The quantitative estimate of drug-likeness (QED) is 0.411. The highest BCUT2D eigenvalue weighted by Crippen LogP contribution is 2.61. The minimum atomic E-state index is -0.940. The minimum Gasteiger partial charge on any atom is -0.468 e. The first-order valence-corrected chi connectivity index (χ1v) is 9.64. The predicted molar refractivity (Wildman–Crippen MR) is 92.0 cm³/mol. The van der Waals surface area contributed by atoms with Crippen LogP contribution in [0.3, 0.4) is 0 Å². The smallest absolute Gasteiger partial charge is 0.319 e. The van der Waals surface area contributed by atoms with Gasteiger partial charge in [0.1, 0.15) is 10.8 Å². The van der Waals surface area contributed by atoms with Crippen LogP contribution < -0.4 is 0 Å². The van der Waals surface area contributed by atoms with Gasteiger partial charge in [0, 0.05) is 6.42 Å². The SMILES string of the molecule is COC(=O)[C@]12CC[C@@H]3[C@@H](C=C[C@@H]4CC(C#N)(C#N)CC[C@H]34)[C@@H]1CCC2=O. The summed E-state index contributed by atoms with van der Waals surface area (Å²) in [7, 11) is 1.38. The largest absolute Gasteiger partial charge is 0.468 e. The number of fused-ring (bicyclic) bond motifs is 5. The molecule has 0 spiro atoms. The lowest BCUT2D eigenvalue weighted by Gasteiger charge is -2.52. The fourth-order valence-corrected chi connectivity index (χ4v) is 6.54. The number of carbonyl (C=O) groups excluding carboxylic acids is 2. The maximum absolute atomic E-state index is 12.7. The number of nitriles is 2. The van der Waals surface area contributed by atoms with Crippen LogP contribution in [0.2, 0.25) is 0 Å². The van der Waals surface area contributed by atoms with E-state index < -0.39 is 10.8 Å². The number of Topliss-reactive ketones (excluding diaryl/α,β-unsaturated/α-hetero) is 1. The summed E-state index contributed by atoms with van der Waals surface area (Å²) in [5.41, 5.74) is -1.79. The van der Waals surface area contributed by atoms with Gasteiger partial charge in [0.25, 0.3) is 0 Å². The van der Waals surface area contributed by atoms with Crippen LogP contribution in [0.4, 0.5) is 0 Å². The van der Waals surface area contributed by atoms with Gasteiger partial charge < -0.3 is 4.74 Å². The van der Waals surface area contributed by atoms with E-state index in [1.807, 2.05) is 0 Å². The van der Waals surface area contributed by atoms with E-state index in [1.54, 1.807) is 0 Å². The number of ketones is 1. The van der Waals surface area contributed by atoms with Gasteiger partial charge in [0.15, 0.2) is 5.78 Å². The molecule has 4 aliphatic rings. The molecule has 0 amide bonds. The van der Waals surface area contributed by atoms with Crippen molar-refractivity contribution < 1.29 is 14.3 Å². The lowest BCUT2D eigenvalue weighted by Crippen LogP contribution is -2.52. The molecule has 0 aromatic heterocycles. The Balaban J connectivity index is 1.65. The zero-order valence-electron chi connectivity index (χ0n) is 15.1. The number of hydrogen-bond donors (Lipinski definition) is 0. The van der Waals surface area contributed by atoms with Crippen LogP contribution >= 0.6 is 0 Å². The molecular formula is C21H24N2O3. The molecule has 26 heavy (non-hydrogen) atoms. The summed E-state index contributed by atoms with van der Waals surface area (Å²) in [6.45, 7) is 0. The standard InChI is InChI=1S/C21H24N2O3/c1-26-19(25)21-9-7-15-14-6-8-20(11-22,12-23)10-13(14)2-3-16(15)17(21)4-5-18(21)24/h2-3,13-17H,4-10H2,1H3/t13-,14+,15+,16-,17+,21-/m1/s1. The van der Waals surface area contributed by atoms with Crippen LogP contribution in [0, 0.1) is 63.1 Å². The van der Waals surface area contributed by atoms with Gasteiger partial charge in [-0.1, -0.05) is 12.2 Å². The molecule has 6 atom stereocenters. The number of ether oxygens (including phenoxy) is 1. The van der Waals surface area contributed by atoms with Gasteiger partial charge in [-0.15, -0.1) is 0 Å². The van der Waals surface area contributed by atoms with E-state index in [0.29, 0.717) is 37.5 Å². The number of esters is 1. The first kappa shape index (κ1) is 17.3. The Labute approximate surface area is 154 Å². The van der Waals surface area contributed by atoms with Gasteiger partial charge in [0.05, 0.1) is 19.2 Å². The van der Waals surface area contributed by atoms with Crippen LogP contribution in [0.15, 0.2) is 12.2 Å². The van der Waals surface area contributed by atoms with Crippen molar-refractivity contribution in [2.45, 2.75) is 44.9 Å². The molecule has 0 unspecified atom stereocenters. The Bertz CT molecular complexity index is 744. The van der Waals surface area contributed by atoms with E-state index in [9.17, 15) is 20.1 Å². The molecule has 3 saturated carbocycles. The second kappa shape index (κ2) is 5.95. The van der Waals surface area contributed by atoms with Crippen LogP contribution in [0.25, 0.3) is 0 Å². The number of nitrogens with zero attached hydrogens (tertiary/aromatic N) is 2. The molecular weight excluding hydrogens is 328 g/mol. The molecule has 0 aromatic carbocycles. The first-order valence-electron chi connectivity index (χ1n) is 9.64. The minimum absolute atomic E-state index is 0.0389. The Morgan fingerprint density at radius 1 is 1.15 bits per heavy atom. The molecule has 0 aliphatic heterocycles. The fraction of sp³-hybridized carbons (Fsp3) is 0.714. The molecule has 0 aromatic rings. The van der Waals surface area contributed by atoms with E-state index >= 15 is 0 Å². The van der Waals surface area contributed by atoms with Gasteiger partial charge in [-0.25, -0.2) is 0 Å². The number of hydrogen-bond acceptors (Lipinski definition) is 5. The number of carbonyl (C=O) groups is 2. The Morgan fingerprint density at radius 3 is 2.58 bits per heavy atom. The van der Waals surface area contributed by atoms with E-state index in [2.05, 4.69) is 24.3 Å². The topological polar surface area (TPSA) is 90.9 Å². The lowest BCUT2D eigenvalue weighted by atomic mass is 9.50. The summed E-state index contributed by atoms with van der Waals surface area (Å²) in [5.74, 6) is 1.12. The average Bonchev–Trinajstić information content (AvgIpc) is 3.04. The molecule has 4 aliphatic carbocycles. The zero-order chi connectivity index (χ0) is 18.5. The Kier molecular flexibility index (Phi) is 3.95. The molecule has 5 nitrogen and oxygen atoms in total. The van der Waals surface area contributed by atoms with E-state index in [-0.39, 0.29) is 29.5 Å². The van der Waals surface area contributed by atoms with Gasteiger partial charge in [0.2, 0.25) is 0 Å². The molecule has 4 rings (SSSR count). The van der Waals surface area contributed by atoms with Crippen LogP contribution in [0.1, 0.15) is 44.9 Å². The summed E-state index contributed by atoms with van der Waals surface area (Å²) in [6.07, 6.45) is 9.14. The molecule has 0 N–H and O–H groups in total. The van der Waals surface area contributed by atoms with E-state index in [1.165, 1.54) is 7.11 Å². The lowest BCUT2D eigenvalue weighted by molar-refractivity contribution is -0.165. The molecule has 0 heterocycles. The predicted octanol–water partition coefficient (Wildman–Crippen LogP) is 3.17. The normalized spacial score (nSPS) is 42.6. The molecule has 0 saturated heterocycles. The summed E-state index contributed by atoms with van der Waals surface area (Å²) in [6, 6.07) is 4.49. The van der Waals surface area contributed by atoms with Gasteiger partial charge in [-0.3, -0.25) is 9.59 Å². The third-order valence-corrected chi connectivity index (χ3v) is 7.79. The fourth-order valence-electron chi connectivity index (χ4n) is 6.54. The monoisotopic (exact) mass is 352 g/mol. The summed E-state index contributed by atoms with van der Waals surface area (Å²) in [4.78, 5) is 25.2. The highest BCUT2D eigenvalue weighted by molar-refractivity contribution is 6.06. The van der Waals surface area contributed by atoms with Crippen LogP contribution in [-0.4, -0.2) is 18.9 Å². The second-order valence-electron chi connectivity index (χ2n) is 8.57. The summed E-state index contributed by atoms with van der Waals surface area (Å²) < 4.78 is 5.05. The highest BCUT2D eigenvalue weighted by atomic mass is 16.5. The summed E-state index contributed by atoms with van der Waals surface area (Å²) in [5, 5.41) is 18.9. The van der Waals surface area contributed by atoms with Crippen LogP contribution in [-0.2, 0) is 14.3 Å². The van der Waals surface area contributed by atoms with E-state index in [0.717, 1.165) is 19.3 Å². The van der Waals surface area contributed by atoms with Crippen molar-refractivity contribution >= 4 is 11.8 Å².